The molecule has 5 heteroatoms. The van der Waals surface area contributed by atoms with Crippen LogP contribution in [0.4, 0.5) is 0 Å². The molecule has 0 atom stereocenters. The molecule has 0 radical (unpaired) electrons. The van der Waals surface area contributed by atoms with E-state index >= 15 is 0 Å². The van der Waals surface area contributed by atoms with Crippen molar-refractivity contribution >= 4 is 11.8 Å². The smallest absolute Gasteiger partial charge is 0.319 e. The van der Waals surface area contributed by atoms with Crippen LogP contribution >= 0.6 is 0 Å². The molecule has 0 heterocycles. The maximum atomic E-state index is 11.4. The lowest BCUT2D eigenvalue weighted by Crippen LogP contribution is -2.30. The predicted molar refractivity (Wildman–Crippen MR) is 71.5 cm³/mol. The van der Waals surface area contributed by atoms with Gasteiger partial charge in [0.1, 0.15) is 12.4 Å². The van der Waals surface area contributed by atoms with Crippen LogP contribution in [0.5, 0.6) is 5.75 Å². The molecule has 0 aliphatic heterocycles. The molecule has 1 rings (SSSR count). The van der Waals surface area contributed by atoms with Gasteiger partial charge in [-0.2, -0.15) is 0 Å². The lowest BCUT2D eigenvalue weighted by Gasteiger charge is -2.16. The highest BCUT2D eigenvalue weighted by Gasteiger charge is 2.09. The van der Waals surface area contributed by atoms with E-state index in [0.717, 1.165) is 0 Å². The summed E-state index contributed by atoms with van der Waals surface area (Å²) in [6.07, 6.45) is 0. The molecular formula is C14H19NO4. The third-order valence-electron chi connectivity index (χ3n) is 2.62. The van der Waals surface area contributed by atoms with E-state index < -0.39 is 0 Å². The summed E-state index contributed by atoms with van der Waals surface area (Å²) in [5, 5.41) is 0. The number of carbonyl (C=O) groups is 2. The fourth-order valence-electron chi connectivity index (χ4n) is 1.56. The molecule has 0 amide bonds. The van der Waals surface area contributed by atoms with Gasteiger partial charge in [0, 0.05) is 6.54 Å². The maximum Gasteiger partial charge on any atom is 0.319 e. The summed E-state index contributed by atoms with van der Waals surface area (Å²) in [7, 11) is 3.16. The second kappa shape index (κ2) is 7.53. The number of hydrogen-bond acceptors (Lipinski definition) is 5. The van der Waals surface area contributed by atoms with E-state index in [-0.39, 0.29) is 18.3 Å². The molecule has 0 saturated heterocycles. The normalized spacial score (nSPS) is 10.3. The Morgan fingerprint density at radius 2 is 1.95 bits per heavy atom. The number of methoxy groups -OCH3 is 1. The Labute approximate surface area is 113 Å². The number of Topliss-reactive ketones (excluding diaryl/α,β-unsaturated/α-hetero) is 1. The van der Waals surface area contributed by atoms with Crippen molar-refractivity contribution in [1.82, 2.24) is 4.90 Å². The molecule has 5 nitrogen and oxygen atoms in total. The van der Waals surface area contributed by atoms with E-state index in [9.17, 15) is 9.59 Å². The number of ketones is 1. The van der Waals surface area contributed by atoms with Gasteiger partial charge in [0.25, 0.3) is 0 Å². The Bertz CT molecular complexity index is 445. The third kappa shape index (κ3) is 5.09. The number of likely N-dealkylation sites (N-methyl/N-ethyl adjacent to an activating group) is 1. The Morgan fingerprint density at radius 3 is 2.58 bits per heavy atom. The first-order valence-electron chi connectivity index (χ1n) is 6.02. The molecule has 0 spiro atoms. The van der Waals surface area contributed by atoms with Gasteiger partial charge in [0.05, 0.1) is 19.2 Å². The average Bonchev–Trinajstić information content (AvgIpc) is 2.38. The fraction of sp³-hybridized carbons (Fsp3) is 0.429. The van der Waals surface area contributed by atoms with E-state index in [1.807, 2.05) is 6.07 Å². The summed E-state index contributed by atoms with van der Waals surface area (Å²) in [5.74, 6) is 0.256. The zero-order chi connectivity index (χ0) is 14.3. The van der Waals surface area contributed by atoms with Gasteiger partial charge >= 0.3 is 5.97 Å². The largest absolute Gasteiger partial charge is 0.491 e. The van der Waals surface area contributed by atoms with Crippen molar-refractivity contribution in [3.63, 3.8) is 0 Å². The minimum Gasteiger partial charge on any atom is -0.491 e. The number of carbonyl (C=O) groups excluding carboxylic acids is 2. The number of benzene rings is 1. The van der Waals surface area contributed by atoms with Crippen LogP contribution in [0.15, 0.2) is 24.3 Å². The van der Waals surface area contributed by atoms with Crippen LogP contribution in [0.3, 0.4) is 0 Å². The topological polar surface area (TPSA) is 55.8 Å². The zero-order valence-corrected chi connectivity index (χ0v) is 11.5. The molecule has 0 bridgehead atoms. The van der Waals surface area contributed by atoms with Crippen molar-refractivity contribution in [2.24, 2.45) is 0 Å². The lowest BCUT2D eigenvalue weighted by molar-refractivity contribution is -0.141. The van der Waals surface area contributed by atoms with Gasteiger partial charge in [-0.3, -0.25) is 14.5 Å². The minimum absolute atomic E-state index is 0.0292. The molecule has 0 fully saturated rings. The van der Waals surface area contributed by atoms with Gasteiger partial charge in [-0.1, -0.05) is 12.1 Å². The van der Waals surface area contributed by atoms with Crippen LogP contribution < -0.4 is 4.74 Å². The van der Waals surface area contributed by atoms with Gasteiger partial charge in [-0.05, 0) is 26.1 Å². The molecule has 19 heavy (non-hydrogen) atoms. The van der Waals surface area contributed by atoms with Crippen molar-refractivity contribution in [2.75, 3.05) is 33.9 Å². The summed E-state index contributed by atoms with van der Waals surface area (Å²) in [6, 6.07) is 7.11. The molecular weight excluding hydrogens is 246 g/mol. The van der Waals surface area contributed by atoms with Gasteiger partial charge < -0.3 is 9.47 Å². The average molecular weight is 265 g/mol. The van der Waals surface area contributed by atoms with E-state index in [1.165, 1.54) is 14.0 Å². The van der Waals surface area contributed by atoms with E-state index in [0.29, 0.717) is 24.5 Å². The number of ether oxygens (including phenoxy) is 2. The van der Waals surface area contributed by atoms with Gasteiger partial charge in [0.2, 0.25) is 0 Å². The second-order valence-electron chi connectivity index (χ2n) is 4.21. The SMILES string of the molecule is COC(=O)CN(C)CCOc1ccccc1C(C)=O. The first-order chi connectivity index (χ1) is 9.04. The molecule has 1 aromatic carbocycles. The highest BCUT2D eigenvalue weighted by Crippen LogP contribution is 2.18. The van der Waals surface area contributed by atoms with Crippen LogP contribution in [-0.2, 0) is 9.53 Å². The Morgan fingerprint density at radius 1 is 1.26 bits per heavy atom. The Kier molecular flexibility index (Phi) is 6.02. The van der Waals surface area contributed by atoms with E-state index in [1.54, 1.807) is 30.1 Å². The second-order valence-corrected chi connectivity index (χ2v) is 4.21. The zero-order valence-electron chi connectivity index (χ0n) is 11.5. The van der Waals surface area contributed by atoms with Gasteiger partial charge in [-0.15, -0.1) is 0 Å². The fourth-order valence-corrected chi connectivity index (χ4v) is 1.56. The van der Waals surface area contributed by atoms with Crippen LogP contribution in [0.2, 0.25) is 0 Å². The number of para-hydroxylation sites is 1. The standard InChI is InChI=1S/C14H19NO4/c1-11(16)12-6-4-5-7-13(12)19-9-8-15(2)10-14(17)18-3/h4-7H,8-10H2,1-3H3. The van der Waals surface area contributed by atoms with Crippen LogP contribution in [0.25, 0.3) is 0 Å². The number of rotatable bonds is 7. The monoisotopic (exact) mass is 265 g/mol. The third-order valence-corrected chi connectivity index (χ3v) is 2.62. The van der Waals surface area contributed by atoms with Crippen molar-refractivity contribution in [1.29, 1.82) is 0 Å². The number of hydrogen-bond donors (Lipinski definition) is 0. The first-order valence-corrected chi connectivity index (χ1v) is 6.02. The van der Waals surface area contributed by atoms with Crippen LogP contribution in [0.1, 0.15) is 17.3 Å². The van der Waals surface area contributed by atoms with Crippen molar-refractivity contribution < 1.29 is 19.1 Å². The Hall–Kier alpha value is -1.88. The van der Waals surface area contributed by atoms with E-state index in [4.69, 9.17) is 4.74 Å². The highest BCUT2D eigenvalue weighted by molar-refractivity contribution is 5.96. The minimum atomic E-state index is -0.286. The predicted octanol–water partition coefficient (Wildman–Crippen LogP) is 1.37. The first kappa shape index (κ1) is 15.2. The highest BCUT2D eigenvalue weighted by atomic mass is 16.5. The molecule has 0 aromatic heterocycles. The molecule has 0 unspecified atom stereocenters. The van der Waals surface area contributed by atoms with Crippen molar-refractivity contribution in [2.45, 2.75) is 6.92 Å². The van der Waals surface area contributed by atoms with Crippen molar-refractivity contribution in [3.8, 4) is 5.75 Å². The number of esters is 1. The molecule has 0 aliphatic rings. The van der Waals surface area contributed by atoms with Crippen LogP contribution in [-0.4, -0.2) is 50.5 Å². The lowest BCUT2D eigenvalue weighted by atomic mass is 10.1. The quantitative estimate of drug-likeness (QED) is 0.550. The molecule has 0 N–H and O–H groups in total. The molecule has 0 aliphatic carbocycles. The molecule has 1 aromatic rings. The summed E-state index contributed by atoms with van der Waals surface area (Å²) in [6.45, 7) is 2.69. The summed E-state index contributed by atoms with van der Waals surface area (Å²) >= 11 is 0. The summed E-state index contributed by atoms with van der Waals surface area (Å²) < 4.78 is 10.1. The number of nitrogens with zero attached hydrogens (tertiary/aromatic N) is 1. The van der Waals surface area contributed by atoms with Crippen molar-refractivity contribution in [3.05, 3.63) is 29.8 Å². The molecule has 0 saturated carbocycles. The van der Waals surface area contributed by atoms with Crippen LogP contribution in [0, 0.1) is 0 Å². The summed E-state index contributed by atoms with van der Waals surface area (Å²) in [4.78, 5) is 24.2. The maximum absolute atomic E-state index is 11.4. The van der Waals surface area contributed by atoms with Gasteiger partial charge in [-0.25, -0.2) is 0 Å². The van der Waals surface area contributed by atoms with E-state index in [2.05, 4.69) is 4.74 Å². The summed E-state index contributed by atoms with van der Waals surface area (Å²) in [5.41, 5.74) is 0.568. The van der Waals surface area contributed by atoms with Gasteiger partial charge in [0.15, 0.2) is 5.78 Å². The Balaban J connectivity index is 2.45. The molecule has 104 valence electrons.